The second-order valence-electron chi connectivity index (χ2n) is 11.0. The lowest BCUT2D eigenvalue weighted by Gasteiger charge is -2.25. The number of halogens is 2. The van der Waals surface area contributed by atoms with Gasteiger partial charge in [0.2, 0.25) is 0 Å². The Kier molecular flexibility index (Phi) is 10.3. The minimum absolute atomic E-state index is 0.0783. The summed E-state index contributed by atoms with van der Waals surface area (Å²) < 4.78 is 24.8. The number of thiazole rings is 1. The summed E-state index contributed by atoms with van der Waals surface area (Å²) in [6, 6.07) is 15.9. The van der Waals surface area contributed by atoms with Crippen molar-refractivity contribution in [2.75, 3.05) is 13.7 Å². The molecule has 8 nitrogen and oxygen atoms in total. The predicted molar refractivity (Wildman–Crippen MR) is 181 cm³/mol. The maximum Gasteiger partial charge on any atom is 0.338 e. The van der Waals surface area contributed by atoms with E-state index < -0.39 is 12.0 Å². The molecule has 3 aromatic carbocycles. The van der Waals surface area contributed by atoms with Crippen molar-refractivity contribution in [3.63, 3.8) is 0 Å². The molecule has 0 unspecified atom stereocenters. The molecular weight excluding hydrogens is 647 g/mol. The fourth-order valence-corrected chi connectivity index (χ4v) is 6.88. The molecule has 2 heterocycles. The molecule has 240 valence electrons. The molecule has 5 rings (SSSR count). The lowest BCUT2D eigenvalue weighted by atomic mass is 9.95. The average molecular weight is 682 g/mol. The molecule has 1 aliphatic rings. The molecule has 46 heavy (non-hydrogen) atoms. The van der Waals surface area contributed by atoms with Crippen LogP contribution < -0.4 is 29.1 Å². The van der Waals surface area contributed by atoms with Crippen molar-refractivity contribution in [3.8, 4) is 17.2 Å². The third-order valence-electron chi connectivity index (χ3n) is 7.17. The number of hydrogen-bond donors (Lipinski definition) is 0. The molecule has 1 aromatic heterocycles. The van der Waals surface area contributed by atoms with E-state index >= 15 is 0 Å². The maximum atomic E-state index is 14.1. The number of carbonyl (C=O) groups is 1. The lowest BCUT2D eigenvalue weighted by molar-refractivity contribution is -0.139. The highest BCUT2D eigenvalue weighted by Gasteiger charge is 2.34. The molecule has 11 heteroatoms. The summed E-state index contributed by atoms with van der Waals surface area (Å²) in [5, 5.41) is 0.626. The molecule has 0 bridgehead atoms. The van der Waals surface area contributed by atoms with Crippen LogP contribution in [-0.2, 0) is 16.1 Å². The van der Waals surface area contributed by atoms with Crippen LogP contribution in [0.4, 0.5) is 0 Å². The fourth-order valence-electron chi connectivity index (χ4n) is 5.22. The van der Waals surface area contributed by atoms with Gasteiger partial charge in [0.15, 0.2) is 22.0 Å². The zero-order chi connectivity index (χ0) is 33.1. The van der Waals surface area contributed by atoms with Crippen LogP contribution >= 0.6 is 34.5 Å². The van der Waals surface area contributed by atoms with Crippen LogP contribution in [-0.4, -0.2) is 30.4 Å². The van der Waals surface area contributed by atoms with E-state index in [1.807, 2.05) is 51.1 Å². The Balaban J connectivity index is 1.58. The van der Waals surface area contributed by atoms with Crippen LogP contribution in [0.15, 0.2) is 75.7 Å². The summed E-state index contributed by atoms with van der Waals surface area (Å²) in [7, 11) is 1.54. The van der Waals surface area contributed by atoms with Crippen molar-refractivity contribution in [2.45, 2.75) is 53.4 Å². The van der Waals surface area contributed by atoms with E-state index in [4.69, 9.17) is 42.1 Å². The maximum absolute atomic E-state index is 14.1. The number of ether oxygens (including phenoxy) is 4. The van der Waals surface area contributed by atoms with Gasteiger partial charge in [-0.15, -0.1) is 0 Å². The van der Waals surface area contributed by atoms with E-state index in [0.29, 0.717) is 60.1 Å². The highest BCUT2D eigenvalue weighted by Crippen LogP contribution is 2.37. The first-order valence-electron chi connectivity index (χ1n) is 14.7. The molecule has 0 aliphatic carbocycles. The van der Waals surface area contributed by atoms with Crippen molar-refractivity contribution >= 4 is 46.6 Å². The highest BCUT2D eigenvalue weighted by molar-refractivity contribution is 7.07. The van der Waals surface area contributed by atoms with Gasteiger partial charge in [-0.1, -0.05) is 70.4 Å². The zero-order valence-electron chi connectivity index (χ0n) is 26.4. The number of nitrogens with zero attached hydrogens (tertiary/aromatic N) is 2. The Morgan fingerprint density at radius 3 is 2.46 bits per heavy atom. The number of carbonyl (C=O) groups excluding carboxylic acids is 1. The molecule has 0 spiro atoms. The van der Waals surface area contributed by atoms with Gasteiger partial charge < -0.3 is 18.9 Å². The number of aryl methyl sites for hydroxylation is 1. The van der Waals surface area contributed by atoms with Gasteiger partial charge in [0, 0.05) is 0 Å². The molecule has 0 radical (unpaired) electrons. The number of rotatable bonds is 10. The van der Waals surface area contributed by atoms with Crippen LogP contribution in [0.25, 0.3) is 6.08 Å². The molecule has 1 atom stereocenters. The Bertz CT molecular complexity index is 1990. The van der Waals surface area contributed by atoms with Crippen LogP contribution in [0.5, 0.6) is 17.2 Å². The Labute approximate surface area is 281 Å². The molecule has 0 saturated heterocycles. The molecule has 0 N–H and O–H groups in total. The first-order chi connectivity index (χ1) is 22.0. The summed E-state index contributed by atoms with van der Waals surface area (Å²) in [4.78, 5) is 32.5. The number of hydrogen-bond acceptors (Lipinski definition) is 8. The number of aromatic nitrogens is 1. The topological polar surface area (TPSA) is 88.4 Å². The second kappa shape index (κ2) is 14.2. The van der Waals surface area contributed by atoms with E-state index in [1.54, 1.807) is 51.3 Å². The van der Waals surface area contributed by atoms with E-state index in [9.17, 15) is 9.59 Å². The summed E-state index contributed by atoms with van der Waals surface area (Å²) in [5.41, 5.74) is 3.75. The van der Waals surface area contributed by atoms with Crippen molar-refractivity contribution in [3.05, 3.63) is 118 Å². The number of methoxy groups -OCH3 is 1. The minimum atomic E-state index is -0.816. The van der Waals surface area contributed by atoms with E-state index in [-0.39, 0.29) is 23.8 Å². The Morgan fingerprint density at radius 1 is 1.07 bits per heavy atom. The summed E-state index contributed by atoms with van der Waals surface area (Å²) in [5.74, 6) is 0.827. The number of benzene rings is 3. The summed E-state index contributed by atoms with van der Waals surface area (Å²) in [6.07, 6.45) is 1.62. The van der Waals surface area contributed by atoms with Crippen LogP contribution in [0.3, 0.4) is 0 Å². The van der Waals surface area contributed by atoms with E-state index in [0.717, 1.165) is 11.1 Å². The molecule has 4 aromatic rings. The van der Waals surface area contributed by atoms with Gasteiger partial charge in [0.1, 0.15) is 6.61 Å². The minimum Gasteiger partial charge on any atom is -0.493 e. The quantitative estimate of drug-likeness (QED) is 0.172. The third kappa shape index (κ3) is 7.02. The van der Waals surface area contributed by atoms with Crippen LogP contribution in [0.2, 0.25) is 10.0 Å². The van der Waals surface area contributed by atoms with Gasteiger partial charge in [-0.3, -0.25) is 9.36 Å². The smallest absolute Gasteiger partial charge is 0.338 e. The standard InChI is InChI=1S/C35H34Cl2N2O6S/c1-7-43-34(41)30-21(5)38-35-39(31(30)24-11-12-27(45-19(2)3)28(17-24)42-6)33(40)29(46-35)16-23-14-25(36)32(26(37)15-23)44-18-22-10-8-9-20(4)13-22/h8-17,19,31H,7,18H2,1-6H3/b29-16-/t31-/m0/s1. The van der Waals surface area contributed by atoms with Crippen molar-refractivity contribution in [1.82, 2.24) is 4.57 Å². The van der Waals surface area contributed by atoms with Crippen molar-refractivity contribution < 1.29 is 23.7 Å². The third-order valence-corrected chi connectivity index (χ3v) is 8.71. The van der Waals surface area contributed by atoms with Gasteiger partial charge in [-0.05, 0) is 81.7 Å². The average Bonchev–Trinajstić information content (AvgIpc) is 3.29. The first-order valence-corrected chi connectivity index (χ1v) is 16.3. The first kappa shape index (κ1) is 33.3. The lowest BCUT2D eigenvalue weighted by Crippen LogP contribution is -2.40. The number of esters is 1. The Morgan fingerprint density at radius 2 is 1.80 bits per heavy atom. The van der Waals surface area contributed by atoms with Gasteiger partial charge in [0.05, 0.1) is 51.7 Å². The normalized spacial score (nSPS) is 14.6. The molecule has 0 saturated carbocycles. The number of allylic oxidation sites excluding steroid dienone is 1. The van der Waals surface area contributed by atoms with Crippen LogP contribution in [0.1, 0.15) is 56.0 Å². The summed E-state index contributed by atoms with van der Waals surface area (Å²) >= 11 is 14.4. The summed E-state index contributed by atoms with van der Waals surface area (Å²) in [6.45, 7) is 9.79. The molecular formula is C35H34Cl2N2O6S. The fraction of sp³-hybridized carbons (Fsp3) is 0.286. The number of fused-ring (bicyclic) bond motifs is 1. The van der Waals surface area contributed by atoms with Gasteiger partial charge in [-0.25, -0.2) is 9.79 Å². The monoisotopic (exact) mass is 680 g/mol. The second-order valence-corrected chi connectivity index (χ2v) is 12.8. The van der Waals surface area contributed by atoms with Crippen molar-refractivity contribution in [2.24, 2.45) is 4.99 Å². The molecule has 0 amide bonds. The highest BCUT2D eigenvalue weighted by atomic mass is 35.5. The Hall–Kier alpha value is -4.05. The van der Waals surface area contributed by atoms with Gasteiger partial charge in [0.25, 0.3) is 5.56 Å². The van der Waals surface area contributed by atoms with Gasteiger partial charge >= 0.3 is 5.97 Å². The van der Waals surface area contributed by atoms with Crippen molar-refractivity contribution in [1.29, 1.82) is 0 Å². The van der Waals surface area contributed by atoms with Gasteiger partial charge in [-0.2, -0.15) is 0 Å². The SMILES string of the molecule is CCOC(=O)C1=C(C)N=c2s/c(=C\c3cc(Cl)c(OCc4cccc(C)c4)c(Cl)c3)c(=O)n2[C@H]1c1ccc(OC(C)C)c(OC)c1. The zero-order valence-corrected chi connectivity index (χ0v) is 28.7. The van der Waals surface area contributed by atoms with E-state index in [2.05, 4.69) is 4.99 Å². The predicted octanol–water partition coefficient (Wildman–Crippen LogP) is 6.79. The van der Waals surface area contributed by atoms with E-state index in [1.165, 1.54) is 15.9 Å². The van der Waals surface area contributed by atoms with Crippen LogP contribution in [0, 0.1) is 6.92 Å². The molecule has 1 aliphatic heterocycles. The largest absolute Gasteiger partial charge is 0.493 e. The molecule has 0 fully saturated rings.